The lowest BCUT2D eigenvalue weighted by molar-refractivity contribution is 0.494. The first-order chi connectivity index (χ1) is 9.85. The molecule has 0 saturated carbocycles. The average molecular weight is 329 g/mol. The molecule has 2 N–H and O–H groups in total. The van der Waals surface area contributed by atoms with E-state index in [1.807, 2.05) is 0 Å². The molecule has 0 radical (unpaired) electrons. The van der Waals surface area contributed by atoms with Crippen molar-refractivity contribution >= 4 is 27.3 Å². The molecule has 0 saturated heterocycles. The van der Waals surface area contributed by atoms with Crippen molar-refractivity contribution in [1.82, 2.24) is 5.32 Å². The SMILES string of the molecule is CNCc1c(C)oc(C)c1S(=O)(=O)Nc1ccc(Cl)cc1. The molecule has 114 valence electrons. The molecule has 2 aromatic rings. The number of furan rings is 1. The van der Waals surface area contributed by atoms with Crippen LogP contribution in [0.5, 0.6) is 0 Å². The molecule has 21 heavy (non-hydrogen) atoms. The standard InChI is InChI=1S/C14H17ClN2O3S/c1-9-13(8-16-3)14(10(2)20-9)21(18,19)17-12-6-4-11(15)5-7-12/h4-7,16-17H,8H2,1-3H3. The van der Waals surface area contributed by atoms with Crippen LogP contribution in [-0.4, -0.2) is 15.5 Å². The molecule has 1 heterocycles. The highest BCUT2D eigenvalue weighted by atomic mass is 35.5. The minimum absolute atomic E-state index is 0.185. The third-order valence-electron chi connectivity index (χ3n) is 3.04. The first-order valence-electron chi connectivity index (χ1n) is 6.37. The smallest absolute Gasteiger partial charge is 0.265 e. The molecular formula is C14H17ClN2O3S. The van der Waals surface area contributed by atoms with Crippen LogP contribution in [0.25, 0.3) is 0 Å². The van der Waals surface area contributed by atoms with E-state index in [-0.39, 0.29) is 4.90 Å². The molecule has 0 aliphatic carbocycles. The molecule has 0 atom stereocenters. The maximum Gasteiger partial charge on any atom is 0.265 e. The summed E-state index contributed by atoms with van der Waals surface area (Å²) in [5, 5.41) is 3.50. The number of benzene rings is 1. The van der Waals surface area contributed by atoms with Crippen molar-refractivity contribution in [2.75, 3.05) is 11.8 Å². The average Bonchev–Trinajstić information content (AvgIpc) is 2.68. The Morgan fingerprint density at radius 1 is 1.14 bits per heavy atom. The summed E-state index contributed by atoms with van der Waals surface area (Å²) < 4.78 is 33.2. The summed E-state index contributed by atoms with van der Waals surface area (Å²) in [4.78, 5) is 0.185. The monoisotopic (exact) mass is 328 g/mol. The third kappa shape index (κ3) is 3.40. The molecular weight excluding hydrogens is 312 g/mol. The summed E-state index contributed by atoms with van der Waals surface area (Å²) in [5.41, 5.74) is 1.09. The number of hydrogen-bond acceptors (Lipinski definition) is 4. The van der Waals surface area contributed by atoms with E-state index in [2.05, 4.69) is 10.0 Å². The number of anilines is 1. The molecule has 0 fully saturated rings. The number of nitrogens with one attached hydrogen (secondary N) is 2. The summed E-state index contributed by atoms with van der Waals surface area (Å²) in [6.07, 6.45) is 0. The lowest BCUT2D eigenvalue weighted by Crippen LogP contribution is -2.17. The molecule has 2 rings (SSSR count). The van der Waals surface area contributed by atoms with Crippen LogP contribution in [0.1, 0.15) is 17.1 Å². The van der Waals surface area contributed by atoms with Crippen LogP contribution in [0.3, 0.4) is 0 Å². The van der Waals surface area contributed by atoms with Crippen molar-refractivity contribution in [3.8, 4) is 0 Å². The molecule has 0 amide bonds. The Hall–Kier alpha value is -1.50. The van der Waals surface area contributed by atoms with Crippen molar-refractivity contribution in [2.45, 2.75) is 25.3 Å². The van der Waals surface area contributed by atoms with Gasteiger partial charge in [0.15, 0.2) is 0 Å². The zero-order chi connectivity index (χ0) is 15.6. The van der Waals surface area contributed by atoms with Gasteiger partial charge >= 0.3 is 0 Å². The number of aryl methyl sites for hydroxylation is 2. The quantitative estimate of drug-likeness (QED) is 0.884. The molecule has 5 nitrogen and oxygen atoms in total. The van der Waals surface area contributed by atoms with Gasteiger partial charge in [0.25, 0.3) is 10.0 Å². The van der Waals surface area contributed by atoms with Crippen molar-refractivity contribution in [2.24, 2.45) is 0 Å². The normalized spacial score (nSPS) is 11.6. The molecule has 1 aromatic carbocycles. The largest absolute Gasteiger partial charge is 0.465 e. The lowest BCUT2D eigenvalue weighted by Gasteiger charge is -2.09. The zero-order valence-electron chi connectivity index (χ0n) is 12.0. The number of rotatable bonds is 5. The van der Waals surface area contributed by atoms with Gasteiger partial charge in [0, 0.05) is 22.8 Å². The Labute approximate surface area is 129 Å². The van der Waals surface area contributed by atoms with Gasteiger partial charge in [-0.2, -0.15) is 0 Å². The molecule has 0 bridgehead atoms. The Morgan fingerprint density at radius 2 is 1.76 bits per heavy atom. The van der Waals surface area contributed by atoms with Gasteiger partial charge in [0.1, 0.15) is 16.4 Å². The summed E-state index contributed by atoms with van der Waals surface area (Å²) >= 11 is 5.79. The highest BCUT2D eigenvalue weighted by molar-refractivity contribution is 7.92. The van der Waals surface area contributed by atoms with E-state index in [4.69, 9.17) is 16.0 Å². The summed E-state index contributed by atoms with van der Waals surface area (Å²) in [7, 11) is -1.96. The van der Waals surface area contributed by atoms with Gasteiger partial charge in [-0.25, -0.2) is 8.42 Å². The second-order valence-corrected chi connectivity index (χ2v) is 6.72. The Kier molecular flexibility index (Phi) is 4.61. The highest BCUT2D eigenvalue weighted by Crippen LogP contribution is 2.28. The Morgan fingerprint density at radius 3 is 2.33 bits per heavy atom. The maximum absolute atomic E-state index is 12.6. The van der Waals surface area contributed by atoms with E-state index in [1.165, 1.54) is 0 Å². The van der Waals surface area contributed by atoms with Gasteiger partial charge in [0.05, 0.1) is 0 Å². The Balaban J connectivity index is 2.42. The summed E-state index contributed by atoms with van der Waals surface area (Å²) in [6.45, 7) is 3.81. The molecule has 0 spiro atoms. The van der Waals surface area contributed by atoms with E-state index < -0.39 is 10.0 Å². The van der Waals surface area contributed by atoms with E-state index in [9.17, 15) is 8.42 Å². The first-order valence-corrected chi connectivity index (χ1v) is 8.23. The lowest BCUT2D eigenvalue weighted by atomic mass is 10.2. The van der Waals surface area contributed by atoms with E-state index in [0.29, 0.717) is 34.3 Å². The van der Waals surface area contributed by atoms with E-state index in [0.717, 1.165) is 0 Å². The van der Waals surface area contributed by atoms with E-state index in [1.54, 1.807) is 45.2 Å². The molecule has 1 aromatic heterocycles. The van der Waals surface area contributed by atoms with Gasteiger partial charge in [-0.15, -0.1) is 0 Å². The van der Waals surface area contributed by atoms with Crippen LogP contribution in [0, 0.1) is 13.8 Å². The highest BCUT2D eigenvalue weighted by Gasteiger charge is 2.26. The first kappa shape index (κ1) is 15.9. The van der Waals surface area contributed by atoms with Crippen molar-refractivity contribution in [3.63, 3.8) is 0 Å². The second kappa shape index (κ2) is 6.09. The van der Waals surface area contributed by atoms with Gasteiger partial charge in [-0.05, 0) is 45.2 Å². The maximum atomic E-state index is 12.6. The van der Waals surface area contributed by atoms with Crippen LogP contribution < -0.4 is 10.0 Å². The molecule has 0 aliphatic heterocycles. The van der Waals surface area contributed by atoms with Crippen LogP contribution in [0.15, 0.2) is 33.6 Å². The third-order valence-corrected chi connectivity index (χ3v) is 4.87. The van der Waals surface area contributed by atoms with Crippen LogP contribution in [-0.2, 0) is 16.6 Å². The number of halogens is 1. The molecule has 0 unspecified atom stereocenters. The van der Waals surface area contributed by atoms with Crippen molar-refractivity contribution in [3.05, 3.63) is 46.4 Å². The topological polar surface area (TPSA) is 71.3 Å². The van der Waals surface area contributed by atoms with Gasteiger partial charge in [-0.1, -0.05) is 11.6 Å². The number of hydrogen-bond donors (Lipinski definition) is 2. The fourth-order valence-corrected chi connectivity index (χ4v) is 3.80. The molecule has 7 heteroatoms. The predicted octanol–water partition coefficient (Wildman–Crippen LogP) is 3.07. The van der Waals surface area contributed by atoms with Gasteiger partial charge in [-0.3, -0.25) is 4.72 Å². The predicted molar refractivity (Wildman–Crippen MR) is 83.2 cm³/mol. The summed E-state index contributed by atoms with van der Waals surface area (Å²) in [5.74, 6) is 0.970. The van der Waals surface area contributed by atoms with Crippen molar-refractivity contribution < 1.29 is 12.8 Å². The zero-order valence-corrected chi connectivity index (χ0v) is 13.6. The van der Waals surface area contributed by atoms with Gasteiger partial charge in [0.2, 0.25) is 0 Å². The van der Waals surface area contributed by atoms with Gasteiger partial charge < -0.3 is 9.73 Å². The fraction of sp³-hybridized carbons (Fsp3) is 0.286. The van der Waals surface area contributed by atoms with Crippen LogP contribution in [0.4, 0.5) is 5.69 Å². The second-order valence-electron chi connectivity index (χ2n) is 4.66. The van der Waals surface area contributed by atoms with E-state index >= 15 is 0 Å². The Bertz CT molecular complexity index is 736. The van der Waals surface area contributed by atoms with Crippen LogP contribution in [0.2, 0.25) is 5.02 Å². The minimum atomic E-state index is -3.72. The number of sulfonamides is 1. The fourth-order valence-electron chi connectivity index (χ4n) is 2.17. The summed E-state index contributed by atoms with van der Waals surface area (Å²) in [6, 6.07) is 6.47. The minimum Gasteiger partial charge on any atom is -0.465 e. The van der Waals surface area contributed by atoms with Crippen LogP contribution >= 0.6 is 11.6 Å². The van der Waals surface area contributed by atoms with Crippen molar-refractivity contribution in [1.29, 1.82) is 0 Å². The molecule has 0 aliphatic rings.